The van der Waals surface area contributed by atoms with Crippen molar-refractivity contribution in [3.05, 3.63) is 46.2 Å². The van der Waals surface area contributed by atoms with Crippen molar-refractivity contribution in [2.75, 3.05) is 0 Å². The molecule has 0 N–H and O–H groups in total. The third-order valence-corrected chi connectivity index (χ3v) is 6.13. The van der Waals surface area contributed by atoms with Crippen molar-refractivity contribution in [2.24, 2.45) is 5.92 Å². The molecule has 2 aromatic heterocycles. The molecule has 1 atom stereocenters. The lowest BCUT2D eigenvalue weighted by Crippen LogP contribution is -2.09. The van der Waals surface area contributed by atoms with E-state index in [0.717, 1.165) is 42.8 Å². The van der Waals surface area contributed by atoms with E-state index in [-0.39, 0.29) is 5.78 Å². The number of ketones is 1. The Balaban J connectivity index is 1.55. The smallest absolute Gasteiger partial charge is 0.208 e. The van der Waals surface area contributed by atoms with E-state index < -0.39 is 0 Å². The molecule has 1 aliphatic rings. The number of hydrogen-bond donors (Lipinski definition) is 0. The molecular formula is C25H35NO3. The number of rotatable bonds is 11. The first-order valence-corrected chi connectivity index (χ1v) is 11.4. The fraction of sp³-hybridized carbons (Fsp3) is 0.600. The first-order valence-electron chi connectivity index (χ1n) is 11.4. The van der Waals surface area contributed by atoms with E-state index in [1.807, 2.05) is 0 Å². The minimum Gasteiger partial charge on any atom is -0.461 e. The Hall–Kier alpha value is -2.10. The highest BCUT2D eigenvalue weighted by Gasteiger charge is 2.23. The Labute approximate surface area is 174 Å². The first kappa shape index (κ1) is 21.6. The van der Waals surface area contributed by atoms with Gasteiger partial charge in [-0.3, -0.25) is 4.79 Å². The number of aromatic nitrogens is 1. The van der Waals surface area contributed by atoms with Gasteiger partial charge in [0.2, 0.25) is 5.78 Å². The summed E-state index contributed by atoms with van der Waals surface area (Å²) in [5.41, 5.74) is 3.85. The van der Waals surface area contributed by atoms with Crippen LogP contribution in [0.25, 0.3) is 6.08 Å². The second-order valence-electron chi connectivity index (χ2n) is 8.60. The molecule has 0 fully saturated rings. The zero-order chi connectivity index (χ0) is 20.6. The summed E-state index contributed by atoms with van der Waals surface area (Å²) in [7, 11) is 0. The minimum atomic E-state index is -0.112. The lowest BCUT2D eigenvalue weighted by molar-refractivity contribution is 0.103. The van der Waals surface area contributed by atoms with Crippen LogP contribution in [0.2, 0.25) is 0 Å². The molecule has 0 saturated heterocycles. The summed E-state index contributed by atoms with van der Waals surface area (Å²) in [6, 6.07) is 0. The minimum absolute atomic E-state index is 0.112. The van der Waals surface area contributed by atoms with Gasteiger partial charge in [-0.15, -0.1) is 0 Å². The van der Waals surface area contributed by atoms with E-state index in [0.29, 0.717) is 11.6 Å². The Morgan fingerprint density at radius 1 is 1.21 bits per heavy atom. The molecule has 158 valence electrons. The fourth-order valence-corrected chi connectivity index (χ4v) is 4.23. The Kier molecular flexibility index (Phi) is 7.91. The van der Waals surface area contributed by atoms with E-state index in [4.69, 9.17) is 8.94 Å². The standard InChI is InChI=1S/C25H35NO3/c1-4-5-6-7-8-9-10-11-20-17-28-26-25(20)22(27)14-15-23-19(3)21-13-12-18(2)16-24(21)29-23/h14-15,17-18H,4-13,16H2,1-3H3/b15-14+. The summed E-state index contributed by atoms with van der Waals surface area (Å²) in [6.45, 7) is 6.59. The fourth-order valence-electron chi connectivity index (χ4n) is 4.23. The summed E-state index contributed by atoms with van der Waals surface area (Å²) < 4.78 is 11.1. The molecule has 2 heterocycles. The summed E-state index contributed by atoms with van der Waals surface area (Å²) >= 11 is 0. The van der Waals surface area contributed by atoms with Gasteiger partial charge in [0.25, 0.3) is 0 Å². The summed E-state index contributed by atoms with van der Waals surface area (Å²) in [4.78, 5) is 12.7. The van der Waals surface area contributed by atoms with Crippen molar-refractivity contribution in [3.63, 3.8) is 0 Å². The highest BCUT2D eigenvalue weighted by atomic mass is 16.5. The molecule has 4 heteroatoms. The van der Waals surface area contributed by atoms with Crippen LogP contribution in [0.3, 0.4) is 0 Å². The average molecular weight is 398 g/mol. The second kappa shape index (κ2) is 10.6. The molecule has 0 bridgehead atoms. The van der Waals surface area contributed by atoms with Crippen molar-refractivity contribution < 1.29 is 13.7 Å². The van der Waals surface area contributed by atoms with Crippen LogP contribution >= 0.6 is 0 Å². The summed E-state index contributed by atoms with van der Waals surface area (Å²) in [5, 5.41) is 3.96. The highest BCUT2D eigenvalue weighted by molar-refractivity contribution is 6.06. The Bertz CT molecular complexity index is 827. The van der Waals surface area contributed by atoms with Crippen LogP contribution in [0.5, 0.6) is 0 Å². The van der Waals surface area contributed by atoms with Crippen molar-refractivity contribution in [1.29, 1.82) is 0 Å². The SMILES string of the molecule is CCCCCCCCCc1conc1C(=O)/C=C/c1oc2c(c1C)CCC(C)C2. The molecule has 1 unspecified atom stereocenters. The first-order chi connectivity index (χ1) is 14.1. The van der Waals surface area contributed by atoms with Gasteiger partial charge in [-0.05, 0) is 61.8 Å². The largest absolute Gasteiger partial charge is 0.461 e. The predicted octanol–water partition coefficient (Wildman–Crippen LogP) is 6.89. The van der Waals surface area contributed by atoms with Gasteiger partial charge >= 0.3 is 0 Å². The maximum Gasteiger partial charge on any atom is 0.208 e. The van der Waals surface area contributed by atoms with Gasteiger partial charge in [-0.1, -0.05) is 57.5 Å². The molecular weight excluding hydrogens is 362 g/mol. The van der Waals surface area contributed by atoms with Crippen LogP contribution < -0.4 is 0 Å². The number of allylic oxidation sites excluding steroid dienone is 1. The van der Waals surface area contributed by atoms with Gasteiger partial charge in [0.15, 0.2) is 5.69 Å². The number of carbonyl (C=O) groups is 1. The second-order valence-corrected chi connectivity index (χ2v) is 8.60. The molecule has 0 radical (unpaired) electrons. The molecule has 3 rings (SSSR count). The number of aryl methyl sites for hydroxylation is 1. The van der Waals surface area contributed by atoms with Gasteiger partial charge in [0.05, 0.1) is 0 Å². The molecule has 0 aliphatic heterocycles. The van der Waals surface area contributed by atoms with Crippen molar-refractivity contribution in [2.45, 2.75) is 91.4 Å². The third kappa shape index (κ3) is 5.71. The number of carbonyl (C=O) groups excluding carboxylic acids is 1. The van der Waals surface area contributed by atoms with E-state index >= 15 is 0 Å². The molecule has 2 aromatic rings. The number of furan rings is 1. The molecule has 0 aromatic carbocycles. The monoisotopic (exact) mass is 397 g/mol. The average Bonchev–Trinajstić information content (AvgIpc) is 3.30. The zero-order valence-corrected chi connectivity index (χ0v) is 18.3. The van der Waals surface area contributed by atoms with Crippen molar-refractivity contribution >= 4 is 11.9 Å². The van der Waals surface area contributed by atoms with Gasteiger partial charge in [0.1, 0.15) is 17.8 Å². The van der Waals surface area contributed by atoms with E-state index in [9.17, 15) is 4.79 Å². The molecule has 29 heavy (non-hydrogen) atoms. The maximum absolute atomic E-state index is 12.7. The summed E-state index contributed by atoms with van der Waals surface area (Å²) in [6.07, 6.45) is 17.9. The number of nitrogens with zero attached hydrogens (tertiary/aromatic N) is 1. The van der Waals surface area contributed by atoms with Gasteiger partial charge in [-0.25, -0.2) is 0 Å². The molecule has 0 spiro atoms. The quantitative estimate of drug-likeness (QED) is 0.235. The van der Waals surface area contributed by atoms with Crippen molar-refractivity contribution in [3.8, 4) is 0 Å². The Morgan fingerprint density at radius 3 is 2.76 bits per heavy atom. The van der Waals surface area contributed by atoms with Crippen LogP contribution in [0.4, 0.5) is 0 Å². The molecule has 4 nitrogen and oxygen atoms in total. The van der Waals surface area contributed by atoms with Crippen LogP contribution in [0.15, 0.2) is 21.3 Å². The van der Waals surface area contributed by atoms with Crippen LogP contribution in [-0.4, -0.2) is 10.9 Å². The van der Waals surface area contributed by atoms with Crippen molar-refractivity contribution in [1.82, 2.24) is 5.16 Å². The molecule has 0 amide bonds. The number of unbranched alkanes of at least 4 members (excludes halogenated alkanes) is 6. The molecule has 0 saturated carbocycles. The van der Waals surface area contributed by atoms with Gasteiger partial charge < -0.3 is 8.94 Å². The van der Waals surface area contributed by atoms with E-state index in [1.54, 1.807) is 18.4 Å². The Morgan fingerprint density at radius 2 is 1.97 bits per heavy atom. The highest BCUT2D eigenvalue weighted by Crippen LogP contribution is 2.32. The summed E-state index contributed by atoms with van der Waals surface area (Å²) in [5.74, 6) is 2.44. The normalized spacial score (nSPS) is 16.4. The lowest BCUT2D eigenvalue weighted by atomic mass is 9.88. The predicted molar refractivity (Wildman–Crippen MR) is 116 cm³/mol. The number of fused-ring (bicyclic) bond motifs is 1. The number of hydrogen-bond acceptors (Lipinski definition) is 4. The third-order valence-electron chi connectivity index (χ3n) is 6.13. The van der Waals surface area contributed by atoms with E-state index in [2.05, 4.69) is 25.9 Å². The maximum atomic E-state index is 12.7. The topological polar surface area (TPSA) is 56.2 Å². The lowest BCUT2D eigenvalue weighted by Gasteiger charge is -2.16. The zero-order valence-electron chi connectivity index (χ0n) is 18.3. The van der Waals surface area contributed by atoms with Crippen LogP contribution in [0.1, 0.15) is 104 Å². The van der Waals surface area contributed by atoms with Gasteiger partial charge in [0, 0.05) is 12.0 Å². The van der Waals surface area contributed by atoms with Crippen LogP contribution in [0, 0.1) is 12.8 Å². The molecule has 1 aliphatic carbocycles. The van der Waals surface area contributed by atoms with Crippen LogP contribution in [-0.2, 0) is 19.3 Å². The van der Waals surface area contributed by atoms with Gasteiger partial charge in [-0.2, -0.15) is 0 Å². The van der Waals surface area contributed by atoms with E-state index in [1.165, 1.54) is 56.1 Å².